The van der Waals surface area contributed by atoms with Crippen LogP contribution in [0.2, 0.25) is 5.02 Å². The first-order valence-corrected chi connectivity index (χ1v) is 7.04. The summed E-state index contributed by atoms with van der Waals surface area (Å²) in [6.45, 7) is 2.03. The Bertz CT molecular complexity index is 620. The Labute approximate surface area is 129 Å². The second kappa shape index (κ2) is 7.14. The van der Waals surface area contributed by atoms with Crippen LogP contribution in [-0.2, 0) is 6.42 Å². The van der Waals surface area contributed by atoms with Crippen LogP contribution in [0.5, 0.6) is 11.5 Å². The van der Waals surface area contributed by atoms with Crippen molar-refractivity contribution in [3.8, 4) is 11.5 Å². The Hall–Kier alpha value is -2.00. The van der Waals surface area contributed by atoms with Gasteiger partial charge in [-0.1, -0.05) is 23.7 Å². The smallest absolute Gasteiger partial charge is 0.159 e. The van der Waals surface area contributed by atoms with Crippen LogP contribution in [0.15, 0.2) is 42.5 Å². The van der Waals surface area contributed by atoms with Crippen LogP contribution in [-0.4, -0.2) is 19.5 Å². The fourth-order valence-electron chi connectivity index (χ4n) is 1.91. The van der Waals surface area contributed by atoms with Gasteiger partial charge in [0.15, 0.2) is 5.78 Å². The van der Waals surface area contributed by atoms with Gasteiger partial charge in [-0.2, -0.15) is 0 Å². The third-order valence-electron chi connectivity index (χ3n) is 3.15. The molecule has 110 valence electrons. The Balaban J connectivity index is 1.92. The predicted octanol–water partition coefficient (Wildman–Crippen LogP) is 4.17. The number of carbonyl (C=O) groups is 1. The summed E-state index contributed by atoms with van der Waals surface area (Å²) in [6.07, 6.45) is 0.773. The molecule has 0 saturated carbocycles. The molecule has 0 N–H and O–H groups in total. The highest BCUT2D eigenvalue weighted by atomic mass is 35.5. The molecule has 0 unspecified atom stereocenters. The van der Waals surface area contributed by atoms with Gasteiger partial charge < -0.3 is 9.47 Å². The maximum atomic E-state index is 11.3. The molecule has 0 aliphatic rings. The molecule has 0 atom stereocenters. The maximum Gasteiger partial charge on any atom is 0.159 e. The Morgan fingerprint density at radius 3 is 2.43 bits per heavy atom. The quantitative estimate of drug-likeness (QED) is 0.751. The van der Waals surface area contributed by atoms with Crippen molar-refractivity contribution in [3.05, 3.63) is 58.6 Å². The molecule has 0 bridgehead atoms. The van der Waals surface area contributed by atoms with E-state index in [-0.39, 0.29) is 5.78 Å². The maximum absolute atomic E-state index is 11.3. The van der Waals surface area contributed by atoms with Gasteiger partial charge in [-0.25, -0.2) is 0 Å². The van der Waals surface area contributed by atoms with Crippen molar-refractivity contribution in [1.82, 2.24) is 0 Å². The molecule has 0 aromatic heterocycles. The third kappa shape index (κ3) is 4.23. The van der Waals surface area contributed by atoms with Gasteiger partial charge in [-0.05, 0) is 42.8 Å². The number of benzene rings is 2. The highest BCUT2D eigenvalue weighted by Crippen LogP contribution is 2.25. The predicted molar refractivity (Wildman–Crippen MR) is 83.6 cm³/mol. The van der Waals surface area contributed by atoms with Gasteiger partial charge in [0.2, 0.25) is 0 Å². The minimum atomic E-state index is -0.0123. The molecule has 0 spiro atoms. The number of ether oxygens (including phenoxy) is 2. The Kier molecular flexibility index (Phi) is 5.23. The Morgan fingerprint density at radius 2 is 1.86 bits per heavy atom. The standard InChI is InChI=1S/C17H17ClO3/c1-12(19)14-5-8-17(16(18)11-14)21-10-9-13-3-6-15(20-2)7-4-13/h3-8,11H,9-10H2,1-2H3. The molecule has 0 heterocycles. The summed E-state index contributed by atoms with van der Waals surface area (Å²) in [6, 6.07) is 12.9. The van der Waals surface area contributed by atoms with E-state index in [1.54, 1.807) is 25.3 Å². The zero-order valence-electron chi connectivity index (χ0n) is 12.1. The van der Waals surface area contributed by atoms with Crippen molar-refractivity contribution in [2.45, 2.75) is 13.3 Å². The van der Waals surface area contributed by atoms with E-state index in [1.807, 2.05) is 24.3 Å². The average molecular weight is 305 g/mol. The summed E-state index contributed by atoms with van der Waals surface area (Å²) in [7, 11) is 1.64. The zero-order chi connectivity index (χ0) is 15.2. The fourth-order valence-corrected chi connectivity index (χ4v) is 2.14. The summed E-state index contributed by atoms with van der Waals surface area (Å²) < 4.78 is 10.8. The van der Waals surface area contributed by atoms with E-state index in [1.165, 1.54) is 6.92 Å². The molecule has 0 aliphatic carbocycles. The summed E-state index contributed by atoms with van der Waals surface area (Å²) in [4.78, 5) is 11.3. The lowest BCUT2D eigenvalue weighted by Crippen LogP contribution is -2.02. The molecule has 0 saturated heterocycles. The molecule has 4 heteroatoms. The van der Waals surface area contributed by atoms with Crippen molar-refractivity contribution < 1.29 is 14.3 Å². The first kappa shape index (κ1) is 15.4. The van der Waals surface area contributed by atoms with Gasteiger partial charge in [0.25, 0.3) is 0 Å². The molecule has 2 rings (SSSR count). The minimum absolute atomic E-state index is 0.0123. The summed E-state index contributed by atoms with van der Waals surface area (Å²) in [5, 5.41) is 0.456. The highest BCUT2D eigenvalue weighted by Gasteiger charge is 2.06. The van der Waals surface area contributed by atoms with Crippen LogP contribution < -0.4 is 9.47 Å². The average Bonchev–Trinajstić information content (AvgIpc) is 2.49. The van der Waals surface area contributed by atoms with Crippen molar-refractivity contribution >= 4 is 17.4 Å². The summed E-state index contributed by atoms with van der Waals surface area (Å²) in [5.41, 5.74) is 1.75. The highest BCUT2D eigenvalue weighted by molar-refractivity contribution is 6.32. The molecular weight excluding hydrogens is 288 g/mol. The normalized spacial score (nSPS) is 10.2. The van der Waals surface area contributed by atoms with Crippen LogP contribution in [0, 0.1) is 0 Å². The van der Waals surface area contributed by atoms with Crippen LogP contribution in [0.4, 0.5) is 0 Å². The minimum Gasteiger partial charge on any atom is -0.497 e. The number of rotatable bonds is 6. The monoisotopic (exact) mass is 304 g/mol. The van der Waals surface area contributed by atoms with Crippen LogP contribution >= 0.6 is 11.6 Å². The summed E-state index contributed by atoms with van der Waals surface area (Å²) >= 11 is 6.10. The molecular formula is C17H17ClO3. The fraction of sp³-hybridized carbons (Fsp3) is 0.235. The van der Waals surface area contributed by atoms with Crippen LogP contribution in [0.3, 0.4) is 0 Å². The molecule has 0 aliphatic heterocycles. The molecule has 2 aromatic rings. The Morgan fingerprint density at radius 1 is 1.14 bits per heavy atom. The summed E-state index contributed by atoms with van der Waals surface area (Å²) in [5.74, 6) is 1.42. The lowest BCUT2D eigenvalue weighted by molar-refractivity contribution is 0.101. The molecule has 2 aromatic carbocycles. The number of hydrogen-bond acceptors (Lipinski definition) is 3. The van der Waals surface area contributed by atoms with Gasteiger partial charge >= 0.3 is 0 Å². The van der Waals surface area contributed by atoms with E-state index in [4.69, 9.17) is 21.1 Å². The second-order valence-corrected chi connectivity index (χ2v) is 5.06. The lowest BCUT2D eigenvalue weighted by Gasteiger charge is -2.09. The number of hydrogen-bond donors (Lipinski definition) is 0. The molecule has 3 nitrogen and oxygen atoms in total. The third-order valence-corrected chi connectivity index (χ3v) is 3.44. The molecule has 21 heavy (non-hydrogen) atoms. The number of methoxy groups -OCH3 is 1. The van der Waals surface area contributed by atoms with E-state index in [2.05, 4.69) is 0 Å². The van der Waals surface area contributed by atoms with Crippen molar-refractivity contribution in [2.24, 2.45) is 0 Å². The van der Waals surface area contributed by atoms with E-state index in [9.17, 15) is 4.79 Å². The van der Waals surface area contributed by atoms with Crippen molar-refractivity contribution in [3.63, 3.8) is 0 Å². The van der Waals surface area contributed by atoms with Gasteiger partial charge in [0.05, 0.1) is 18.7 Å². The van der Waals surface area contributed by atoms with Crippen molar-refractivity contribution in [2.75, 3.05) is 13.7 Å². The van der Waals surface area contributed by atoms with E-state index >= 15 is 0 Å². The van der Waals surface area contributed by atoms with E-state index in [0.717, 1.165) is 17.7 Å². The molecule has 0 fully saturated rings. The van der Waals surface area contributed by atoms with Crippen molar-refractivity contribution in [1.29, 1.82) is 0 Å². The lowest BCUT2D eigenvalue weighted by atomic mass is 10.1. The van der Waals surface area contributed by atoms with Gasteiger partial charge in [-0.3, -0.25) is 4.79 Å². The number of ketones is 1. The molecule has 0 amide bonds. The van der Waals surface area contributed by atoms with E-state index in [0.29, 0.717) is 22.9 Å². The van der Waals surface area contributed by atoms with Gasteiger partial charge in [0.1, 0.15) is 11.5 Å². The number of halogens is 1. The largest absolute Gasteiger partial charge is 0.497 e. The number of Topliss-reactive ketones (excluding diaryl/α,β-unsaturated/α-hetero) is 1. The van der Waals surface area contributed by atoms with Crippen LogP contribution in [0.1, 0.15) is 22.8 Å². The van der Waals surface area contributed by atoms with Crippen LogP contribution in [0.25, 0.3) is 0 Å². The second-order valence-electron chi connectivity index (χ2n) is 4.65. The van der Waals surface area contributed by atoms with Gasteiger partial charge in [-0.15, -0.1) is 0 Å². The van der Waals surface area contributed by atoms with Gasteiger partial charge in [0, 0.05) is 12.0 Å². The first-order valence-electron chi connectivity index (χ1n) is 6.66. The molecule has 0 radical (unpaired) electrons. The SMILES string of the molecule is COc1ccc(CCOc2ccc(C(C)=O)cc2Cl)cc1. The van der Waals surface area contributed by atoms with E-state index < -0.39 is 0 Å². The first-order chi connectivity index (χ1) is 10.1. The number of carbonyl (C=O) groups excluding carboxylic acids is 1. The topological polar surface area (TPSA) is 35.5 Å². The zero-order valence-corrected chi connectivity index (χ0v) is 12.8.